The van der Waals surface area contributed by atoms with E-state index in [1.165, 1.54) is 23.4 Å². The predicted molar refractivity (Wildman–Crippen MR) is 62.2 cm³/mol. The molecule has 1 fully saturated rings. The number of carbonyl (C=O) groups is 2. The Balaban J connectivity index is 2.27. The SMILES string of the molecule is O=C(O)[C@@H]1CCCCN1C(=O)c1ccncc1O. The highest BCUT2D eigenvalue weighted by atomic mass is 16.4. The molecule has 1 aliphatic rings. The molecular formula is C12H14N2O4. The number of nitrogens with zero attached hydrogens (tertiary/aromatic N) is 2. The van der Waals surface area contributed by atoms with E-state index in [4.69, 9.17) is 5.11 Å². The topological polar surface area (TPSA) is 90.7 Å². The molecule has 1 saturated heterocycles. The lowest BCUT2D eigenvalue weighted by atomic mass is 10.0. The highest BCUT2D eigenvalue weighted by molar-refractivity contribution is 5.98. The summed E-state index contributed by atoms with van der Waals surface area (Å²) >= 11 is 0. The molecule has 2 N–H and O–H groups in total. The van der Waals surface area contributed by atoms with Crippen LogP contribution in [0.2, 0.25) is 0 Å². The van der Waals surface area contributed by atoms with Crippen molar-refractivity contribution in [1.82, 2.24) is 9.88 Å². The lowest BCUT2D eigenvalue weighted by Crippen LogP contribution is -2.48. The van der Waals surface area contributed by atoms with Gasteiger partial charge < -0.3 is 15.1 Å². The average Bonchev–Trinajstić information content (AvgIpc) is 2.38. The minimum absolute atomic E-state index is 0.0955. The third-order valence-electron chi connectivity index (χ3n) is 3.08. The monoisotopic (exact) mass is 250 g/mol. The number of likely N-dealkylation sites (tertiary alicyclic amines) is 1. The molecule has 1 aromatic rings. The van der Waals surface area contributed by atoms with Crippen molar-refractivity contribution >= 4 is 11.9 Å². The van der Waals surface area contributed by atoms with Crippen LogP contribution in [-0.4, -0.2) is 44.6 Å². The van der Waals surface area contributed by atoms with Gasteiger partial charge in [0.25, 0.3) is 5.91 Å². The minimum atomic E-state index is -1.00. The van der Waals surface area contributed by atoms with Crippen LogP contribution < -0.4 is 0 Å². The van der Waals surface area contributed by atoms with Crippen molar-refractivity contribution in [3.8, 4) is 5.75 Å². The van der Waals surface area contributed by atoms with Gasteiger partial charge in [0.05, 0.1) is 11.8 Å². The molecular weight excluding hydrogens is 236 g/mol. The fraction of sp³-hybridized carbons (Fsp3) is 0.417. The second kappa shape index (κ2) is 5.03. The Hall–Kier alpha value is -2.11. The summed E-state index contributed by atoms with van der Waals surface area (Å²) in [4.78, 5) is 28.3. The van der Waals surface area contributed by atoms with Gasteiger partial charge in [-0.15, -0.1) is 0 Å². The molecule has 1 amide bonds. The van der Waals surface area contributed by atoms with Crippen molar-refractivity contribution in [2.24, 2.45) is 0 Å². The van der Waals surface area contributed by atoms with Crippen LogP contribution in [0.15, 0.2) is 18.5 Å². The van der Waals surface area contributed by atoms with E-state index in [0.29, 0.717) is 13.0 Å². The van der Waals surface area contributed by atoms with E-state index < -0.39 is 17.9 Å². The largest absolute Gasteiger partial charge is 0.505 e. The maximum atomic E-state index is 12.2. The van der Waals surface area contributed by atoms with E-state index in [-0.39, 0.29) is 11.3 Å². The van der Waals surface area contributed by atoms with E-state index in [0.717, 1.165) is 12.8 Å². The van der Waals surface area contributed by atoms with Gasteiger partial charge in [0, 0.05) is 12.7 Å². The van der Waals surface area contributed by atoms with Crippen molar-refractivity contribution in [2.75, 3.05) is 6.54 Å². The van der Waals surface area contributed by atoms with Crippen LogP contribution in [0.1, 0.15) is 29.6 Å². The van der Waals surface area contributed by atoms with E-state index in [1.807, 2.05) is 0 Å². The quantitative estimate of drug-likeness (QED) is 0.812. The second-order valence-electron chi connectivity index (χ2n) is 4.24. The molecule has 1 aromatic heterocycles. The number of hydrogen-bond acceptors (Lipinski definition) is 4. The van der Waals surface area contributed by atoms with Crippen LogP contribution in [-0.2, 0) is 4.79 Å². The Bertz CT molecular complexity index is 475. The number of pyridine rings is 1. The molecule has 2 heterocycles. The molecule has 0 unspecified atom stereocenters. The highest BCUT2D eigenvalue weighted by Crippen LogP contribution is 2.23. The van der Waals surface area contributed by atoms with Crippen molar-refractivity contribution in [2.45, 2.75) is 25.3 Å². The van der Waals surface area contributed by atoms with E-state index in [1.54, 1.807) is 0 Å². The molecule has 18 heavy (non-hydrogen) atoms. The lowest BCUT2D eigenvalue weighted by molar-refractivity contribution is -0.143. The number of carboxylic acid groups (broad SMARTS) is 1. The summed E-state index contributed by atoms with van der Waals surface area (Å²) in [7, 11) is 0. The molecule has 0 bridgehead atoms. The van der Waals surface area contributed by atoms with Gasteiger partial charge in [-0.05, 0) is 25.3 Å². The molecule has 0 spiro atoms. The second-order valence-corrected chi connectivity index (χ2v) is 4.24. The van der Waals surface area contributed by atoms with Crippen molar-refractivity contribution in [3.05, 3.63) is 24.0 Å². The summed E-state index contributed by atoms with van der Waals surface area (Å²) in [6, 6.07) is 0.587. The van der Waals surface area contributed by atoms with E-state index in [9.17, 15) is 14.7 Å². The molecule has 6 nitrogen and oxygen atoms in total. The molecule has 1 aliphatic heterocycles. The normalized spacial score (nSPS) is 19.6. The first-order valence-corrected chi connectivity index (χ1v) is 5.78. The van der Waals surface area contributed by atoms with Gasteiger partial charge in [-0.3, -0.25) is 9.78 Å². The van der Waals surface area contributed by atoms with Crippen LogP contribution in [0.25, 0.3) is 0 Å². The van der Waals surface area contributed by atoms with Gasteiger partial charge in [-0.25, -0.2) is 4.79 Å². The predicted octanol–water partition coefficient (Wildman–Crippen LogP) is 0.866. The number of carboxylic acids is 1. The van der Waals surface area contributed by atoms with E-state index >= 15 is 0 Å². The highest BCUT2D eigenvalue weighted by Gasteiger charge is 2.33. The Morgan fingerprint density at radius 2 is 2.17 bits per heavy atom. The van der Waals surface area contributed by atoms with Crippen molar-refractivity contribution in [1.29, 1.82) is 0 Å². The molecule has 2 rings (SSSR count). The van der Waals surface area contributed by atoms with Crippen molar-refractivity contribution in [3.63, 3.8) is 0 Å². The number of piperidine rings is 1. The van der Waals surface area contributed by atoms with Crippen LogP contribution in [0.4, 0.5) is 0 Å². The van der Waals surface area contributed by atoms with Gasteiger partial charge in [0.1, 0.15) is 11.8 Å². The summed E-state index contributed by atoms with van der Waals surface area (Å²) in [5.41, 5.74) is 0.0955. The molecule has 0 radical (unpaired) electrons. The zero-order chi connectivity index (χ0) is 13.1. The third-order valence-corrected chi connectivity index (χ3v) is 3.08. The van der Waals surface area contributed by atoms with Gasteiger partial charge >= 0.3 is 5.97 Å². The maximum Gasteiger partial charge on any atom is 0.326 e. The van der Waals surface area contributed by atoms with E-state index in [2.05, 4.69) is 4.98 Å². The molecule has 0 aromatic carbocycles. The number of aromatic nitrogens is 1. The standard InChI is InChI=1S/C12H14N2O4/c15-10-7-13-5-4-8(10)11(16)14-6-2-1-3-9(14)12(17)18/h4-5,7,9,15H,1-3,6H2,(H,17,18)/t9-/m0/s1. The fourth-order valence-corrected chi connectivity index (χ4v) is 2.15. The minimum Gasteiger partial charge on any atom is -0.505 e. The zero-order valence-electron chi connectivity index (χ0n) is 9.74. The number of amides is 1. The summed E-state index contributed by atoms with van der Waals surface area (Å²) in [6.45, 7) is 0.400. The van der Waals surface area contributed by atoms with Crippen LogP contribution in [0.5, 0.6) is 5.75 Å². The summed E-state index contributed by atoms with van der Waals surface area (Å²) in [5.74, 6) is -1.68. The zero-order valence-corrected chi connectivity index (χ0v) is 9.74. The fourth-order valence-electron chi connectivity index (χ4n) is 2.15. The van der Waals surface area contributed by atoms with Crippen LogP contribution >= 0.6 is 0 Å². The third kappa shape index (κ3) is 2.27. The van der Waals surface area contributed by atoms with Crippen LogP contribution in [0, 0.1) is 0 Å². The summed E-state index contributed by atoms with van der Waals surface area (Å²) < 4.78 is 0. The van der Waals surface area contributed by atoms with Crippen LogP contribution in [0.3, 0.4) is 0 Å². The first kappa shape index (κ1) is 12.3. The number of aliphatic carboxylic acids is 1. The Morgan fingerprint density at radius 1 is 1.39 bits per heavy atom. The van der Waals surface area contributed by atoms with Gasteiger partial charge in [-0.1, -0.05) is 0 Å². The average molecular weight is 250 g/mol. The first-order chi connectivity index (χ1) is 8.61. The summed E-state index contributed by atoms with van der Waals surface area (Å²) in [5, 5.41) is 18.7. The van der Waals surface area contributed by atoms with Gasteiger partial charge in [0.2, 0.25) is 0 Å². The molecule has 0 saturated carbocycles. The first-order valence-electron chi connectivity index (χ1n) is 5.78. The summed E-state index contributed by atoms with van der Waals surface area (Å²) in [6.07, 6.45) is 4.59. The number of aromatic hydroxyl groups is 1. The lowest BCUT2D eigenvalue weighted by Gasteiger charge is -2.33. The molecule has 6 heteroatoms. The smallest absolute Gasteiger partial charge is 0.326 e. The van der Waals surface area contributed by atoms with Gasteiger partial charge in [-0.2, -0.15) is 0 Å². The maximum absolute atomic E-state index is 12.2. The molecule has 96 valence electrons. The molecule has 1 atom stereocenters. The number of carbonyl (C=O) groups excluding carboxylic acids is 1. The Morgan fingerprint density at radius 3 is 2.83 bits per heavy atom. The molecule has 0 aliphatic carbocycles. The number of hydrogen-bond donors (Lipinski definition) is 2. The Labute approximate surface area is 104 Å². The van der Waals surface area contributed by atoms with Crippen molar-refractivity contribution < 1.29 is 19.8 Å². The van der Waals surface area contributed by atoms with Gasteiger partial charge in [0.15, 0.2) is 0 Å². The number of rotatable bonds is 2. The Kier molecular flexibility index (Phi) is 3.45.